The monoisotopic (exact) mass is 476 g/mol. The molecule has 0 aromatic carbocycles. The second-order valence-electron chi connectivity index (χ2n) is 9.82. The quantitative estimate of drug-likeness (QED) is 0.364. The van der Waals surface area contributed by atoms with Crippen LogP contribution in [0, 0.1) is 0 Å². The highest BCUT2D eigenvalue weighted by molar-refractivity contribution is 5.54. The van der Waals surface area contributed by atoms with Crippen LogP contribution in [0.25, 0.3) is 22.8 Å². The van der Waals surface area contributed by atoms with Gasteiger partial charge in [0, 0.05) is 37.6 Å². The molecule has 0 N–H and O–H groups in total. The average Bonchev–Trinajstić information content (AvgIpc) is 3.59. The van der Waals surface area contributed by atoms with Crippen LogP contribution in [-0.4, -0.2) is 54.9 Å². The molecule has 2 unspecified atom stereocenters. The molecule has 2 saturated heterocycles. The summed E-state index contributed by atoms with van der Waals surface area (Å²) in [6.07, 6.45) is 8.67. The van der Waals surface area contributed by atoms with Gasteiger partial charge in [0.15, 0.2) is 0 Å². The van der Waals surface area contributed by atoms with Gasteiger partial charge in [-0.15, -0.1) is 0 Å². The van der Waals surface area contributed by atoms with Crippen LogP contribution in [-0.2, 0) is 13.1 Å². The fourth-order valence-corrected chi connectivity index (χ4v) is 5.83. The summed E-state index contributed by atoms with van der Waals surface area (Å²) >= 11 is 0. The summed E-state index contributed by atoms with van der Waals surface area (Å²) in [6, 6.07) is 25.7. The van der Waals surface area contributed by atoms with Crippen LogP contribution in [0.4, 0.5) is 0 Å². The molecule has 2 aliphatic heterocycles. The summed E-state index contributed by atoms with van der Waals surface area (Å²) in [7, 11) is 0. The van der Waals surface area contributed by atoms with Crippen molar-refractivity contribution in [1.82, 2.24) is 29.7 Å². The van der Waals surface area contributed by atoms with E-state index in [4.69, 9.17) is 9.97 Å². The van der Waals surface area contributed by atoms with E-state index in [-0.39, 0.29) is 0 Å². The largest absolute Gasteiger partial charge is 0.293 e. The van der Waals surface area contributed by atoms with Gasteiger partial charge in [-0.3, -0.25) is 19.8 Å². The van der Waals surface area contributed by atoms with E-state index in [1.807, 2.05) is 48.8 Å². The Hall–Kier alpha value is -3.48. The van der Waals surface area contributed by atoms with Crippen molar-refractivity contribution in [2.45, 2.75) is 50.9 Å². The maximum Gasteiger partial charge on any atom is 0.0890 e. The summed E-state index contributed by atoms with van der Waals surface area (Å²) < 4.78 is 0. The lowest BCUT2D eigenvalue weighted by Gasteiger charge is -2.35. The molecule has 2 fully saturated rings. The number of aromatic nitrogens is 4. The Morgan fingerprint density at radius 1 is 0.556 bits per heavy atom. The van der Waals surface area contributed by atoms with Gasteiger partial charge in [0.1, 0.15) is 0 Å². The first-order chi connectivity index (χ1) is 17.8. The van der Waals surface area contributed by atoms with Gasteiger partial charge in [-0.25, -0.2) is 9.97 Å². The van der Waals surface area contributed by atoms with Gasteiger partial charge in [-0.05, 0) is 87.3 Å². The maximum absolute atomic E-state index is 4.96. The first-order valence-corrected chi connectivity index (χ1v) is 13.1. The van der Waals surface area contributed by atoms with E-state index in [9.17, 15) is 0 Å². The summed E-state index contributed by atoms with van der Waals surface area (Å²) in [4.78, 5) is 24.2. The molecule has 0 amide bonds. The highest BCUT2D eigenvalue weighted by Gasteiger charge is 2.37. The second-order valence-corrected chi connectivity index (χ2v) is 9.82. The van der Waals surface area contributed by atoms with E-state index in [1.54, 1.807) is 0 Å². The van der Waals surface area contributed by atoms with Gasteiger partial charge in [0.2, 0.25) is 0 Å². The minimum absolute atomic E-state index is 0.562. The van der Waals surface area contributed by atoms with Crippen molar-refractivity contribution in [2.75, 3.05) is 13.1 Å². The molecule has 6 nitrogen and oxygen atoms in total. The number of nitrogens with zero attached hydrogens (tertiary/aromatic N) is 6. The normalized spacial score (nSPS) is 20.7. The number of pyridine rings is 4. The molecule has 0 saturated carbocycles. The van der Waals surface area contributed by atoms with Gasteiger partial charge >= 0.3 is 0 Å². The Labute approximate surface area is 213 Å². The van der Waals surface area contributed by atoms with E-state index in [1.165, 1.54) is 25.7 Å². The summed E-state index contributed by atoms with van der Waals surface area (Å²) in [5.74, 6) is 0. The van der Waals surface area contributed by atoms with Crippen molar-refractivity contribution in [3.63, 3.8) is 0 Å². The molecule has 6 heteroatoms. The Morgan fingerprint density at radius 2 is 1.03 bits per heavy atom. The summed E-state index contributed by atoms with van der Waals surface area (Å²) in [6.45, 7) is 4.06. The highest BCUT2D eigenvalue weighted by atomic mass is 15.3. The number of likely N-dealkylation sites (tertiary alicyclic amines) is 2. The second kappa shape index (κ2) is 10.6. The summed E-state index contributed by atoms with van der Waals surface area (Å²) in [5.41, 5.74) is 6.01. The lowest BCUT2D eigenvalue weighted by atomic mass is 10.0. The third kappa shape index (κ3) is 5.06. The molecule has 36 heavy (non-hydrogen) atoms. The molecule has 0 spiro atoms. The molecule has 4 aromatic heterocycles. The Kier molecular flexibility index (Phi) is 6.79. The molecular formula is C30H32N6. The Balaban J connectivity index is 1.16. The van der Waals surface area contributed by atoms with E-state index in [2.05, 4.69) is 56.2 Å². The highest BCUT2D eigenvalue weighted by Crippen LogP contribution is 2.32. The van der Waals surface area contributed by atoms with E-state index in [0.717, 1.165) is 60.3 Å². The molecule has 0 radical (unpaired) electrons. The molecule has 2 aliphatic rings. The lowest BCUT2D eigenvalue weighted by molar-refractivity contribution is 0.122. The molecule has 6 rings (SSSR count). The fourth-order valence-electron chi connectivity index (χ4n) is 5.83. The number of hydrogen-bond donors (Lipinski definition) is 0. The van der Waals surface area contributed by atoms with Crippen LogP contribution in [0.2, 0.25) is 0 Å². The fraction of sp³-hybridized carbons (Fsp3) is 0.333. The molecule has 4 aromatic rings. The average molecular weight is 477 g/mol. The van der Waals surface area contributed by atoms with E-state index in [0.29, 0.717) is 12.1 Å². The molecular weight excluding hydrogens is 444 g/mol. The number of rotatable bonds is 7. The van der Waals surface area contributed by atoms with Crippen molar-refractivity contribution in [3.05, 3.63) is 96.6 Å². The van der Waals surface area contributed by atoms with E-state index < -0.39 is 0 Å². The topological polar surface area (TPSA) is 58.0 Å². The smallest absolute Gasteiger partial charge is 0.0890 e. The van der Waals surface area contributed by atoms with Crippen LogP contribution in [0.5, 0.6) is 0 Å². The van der Waals surface area contributed by atoms with Crippen LogP contribution in [0.3, 0.4) is 0 Å². The van der Waals surface area contributed by atoms with Crippen molar-refractivity contribution in [2.24, 2.45) is 0 Å². The zero-order valence-electron chi connectivity index (χ0n) is 20.6. The van der Waals surface area contributed by atoms with Crippen LogP contribution >= 0.6 is 0 Å². The molecule has 0 aliphatic carbocycles. The molecule has 0 bridgehead atoms. The molecule has 182 valence electrons. The van der Waals surface area contributed by atoms with Crippen molar-refractivity contribution in [3.8, 4) is 22.8 Å². The van der Waals surface area contributed by atoms with Crippen LogP contribution in [0.15, 0.2) is 85.2 Å². The van der Waals surface area contributed by atoms with Crippen molar-refractivity contribution >= 4 is 0 Å². The SMILES string of the molecule is c1ccc(-c2cccc(CN3CCCC3C3CCCN3Cc3cccc(-c4ccccn4)n3)n2)nc1. The molecule has 6 heterocycles. The van der Waals surface area contributed by atoms with Crippen molar-refractivity contribution in [1.29, 1.82) is 0 Å². The lowest BCUT2D eigenvalue weighted by Crippen LogP contribution is -2.45. The first-order valence-electron chi connectivity index (χ1n) is 13.1. The first kappa shape index (κ1) is 23.0. The van der Waals surface area contributed by atoms with Gasteiger partial charge in [-0.1, -0.05) is 24.3 Å². The standard InChI is InChI=1S/C30H32N6/c1-3-17-31-25(11-1)27-13-5-9-23(33-27)21-35-19-7-15-29(35)30-16-8-20-36(30)22-24-10-6-14-28(34-24)26-12-2-4-18-32-26/h1-6,9-14,17-18,29-30H,7-8,15-16,19-22H2. The summed E-state index contributed by atoms with van der Waals surface area (Å²) in [5, 5.41) is 0. The third-order valence-electron chi connectivity index (χ3n) is 7.47. The maximum atomic E-state index is 4.96. The van der Waals surface area contributed by atoms with Gasteiger partial charge in [-0.2, -0.15) is 0 Å². The van der Waals surface area contributed by atoms with Gasteiger partial charge < -0.3 is 0 Å². The Morgan fingerprint density at radius 3 is 1.47 bits per heavy atom. The van der Waals surface area contributed by atoms with Crippen LogP contribution < -0.4 is 0 Å². The van der Waals surface area contributed by atoms with Crippen LogP contribution in [0.1, 0.15) is 37.1 Å². The third-order valence-corrected chi connectivity index (χ3v) is 7.47. The van der Waals surface area contributed by atoms with Gasteiger partial charge in [0.05, 0.1) is 34.2 Å². The zero-order chi connectivity index (χ0) is 24.2. The van der Waals surface area contributed by atoms with E-state index >= 15 is 0 Å². The van der Waals surface area contributed by atoms with Gasteiger partial charge in [0.25, 0.3) is 0 Å². The zero-order valence-corrected chi connectivity index (χ0v) is 20.6. The van der Waals surface area contributed by atoms with Crippen molar-refractivity contribution < 1.29 is 0 Å². The Bertz CT molecular complexity index is 1180. The minimum atomic E-state index is 0.562. The minimum Gasteiger partial charge on any atom is -0.293 e. The molecule has 2 atom stereocenters. The predicted octanol–water partition coefficient (Wildman–Crippen LogP) is 5.23. The number of hydrogen-bond acceptors (Lipinski definition) is 6. The predicted molar refractivity (Wildman–Crippen MR) is 142 cm³/mol.